The molecule has 0 bridgehead atoms. The zero-order valence-corrected chi connectivity index (χ0v) is 17.6. The van der Waals surface area contributed by atoms with Crippen molar-refractivity contribution in [2.24, 2.45) is 0 Å². The molecule has 149 valence electrons. The third-order valence-corrected chi connectivity index (χ3v) is 4.93. The minimum Gasteiger partial charge on any atom is -0.218 e. The van der Waals surface area contributed by atoms with Gasteiger partial charge in [0.1, 0.15) is 17.5 Å². The largest absolute Gasteiger partial charge is 0.218 e. The summed E-state index contributed by atoms with van der Waals surface area (Å²) in [4.78, 5) is 14.2. The molecule has 0 saturated heterocycles. The smallest absolute Gasteiger partial charge is 0.132 e. The predicted octanol–water partition coefficient (Wildman–Crippen LogP) is 6.83. The third-order valence-electron chi connectivity index (χ3n) is 4.93. The number of unbranched alkanes of at least 4 members (excludes halogenated alkanes) is 11. The first kappa shape index (κ1) is 23.0. The van der Waals surface area contributed by atoms with Gasteiger partial charge in [-0.3, -0.25) is 0 Å². The molecule has 1 radical (unpaired) electrons. The molecule has 0 aliphatic carbocycles. The van der Waals surface area contributed by atoms with E-state index >= 15 is 0 Å². The van der Waals surface area contributed by atoms with Crippen LogP contribution in [0.2, 0.25) is 0 Å². The molecule has 0 amide bonds. The van der Waals surface area contributed by atoms with Gasteiger partial charge in [0.15, 0.2) is 0 Å². The number of hydrogen-bond donors (Lipinski definition) is 0. The van der Waals surface area contributed by atoms with Crippen LogP contribution in [-0.4, -0.2) is 15.0 Å². The summed E-state index contributed by atoms with van der Waals surface area (Å²) in [7, 11) is 0. The van der Waals surface area contributed by atoms with E-state index in [4.69, 9.17) is 15.0 Å². The second-order valence-corrected chi connectivity index (χ2v) is 7.58. The summed E-state index contributed by atoms with van der Waals surface area (Å²) in [5.74, 6) is 3.04. The van der Waals surface area contributed by atoms with E-state index in [-0.39, 0.29) is 0 Å². The molecular formula is C23H42N3. The molecule has 0 aliphatic rings. The van der Waals surface area contributed by atoms with Gasteiger partial charge >= 0.3 is 0 Å². The summed E-state index contributed by atoms with van der Waals surface area (Å²) in [5, 5.41) is 0. The van der Waals surface area contributed by atoms with Crippen molar-refractivity contribution in [1.82, 2.24) is 15.0 Å². The van der Waals surface area contributed by atoms with E-state index in [2.05, 4.69) is 20.8 Å². The van der Waals surface area contributed by atoms with Crippen molar-refractivity contribution in [2.45, 2.75) is 123 Å². The molecule has 1 aromatic rings. The van der Waals surface area contributed by atoms with Crippen molar-refractivity contribution in [3.8, 4) is 0 Å². The van der Waals surface area contributed by atoms with Crippen LogP contribution in [0.3, 0.4) is 0 Å². The maximum Gasteiger partial charge on any atom is 0.132 e. The summed E-state index contributed by atoms with van der Waals surface area (Å²) in [6.45, 7) is 8.48. The Labute approximate surface area is 162 Å². The fraction of sp³-hybridized carbons (Fsp3) is 0.826. The second kappa shape index (κ2) is 16.2. The molecule has 1 aromatic heterocycles. The Hall–Kier alpha value is -0.990. The molecule has 0 N–H and O–H groups in total. The maximum absolute atomic E-state index is 4.77. The Morgan fingerprint density at radius 1 is 0.500 bits per heavy atom. The van der Waals surface area contributed by atoms with Gasteiger partial charge in [0.05, 0.1) is 0 Å². The number of aromatic nitrogens is 3. The molecule has 0 aliphatic heterocycles. The highest BCUT2D eigenvalue weighted by Gasteiger charge is 2.07. The molecule has 0 unspecified atom stereocenters. The van der Waals surface area contributed by atoms with Gasteiger partial charge in [-0.25, -0.2) is 15.0 Å². The zero-order valence-electron chi connectivity index (χ0n) is 17.6. The highest BCUT2D eigenvalue weighted by molar-refractivity contribution is 4.99. The van der Waals surface area contributed by atoms with Crippen LogP contribution in [0.1, 0.15) is 121 Å². The van der Waals surface area contributed by atoms with Crippen LogP contribution < -0.4 is 0 Å². The summed E-state index contributed by atoms with van der Waals surface area (Å²) in [6.07, 6.45) is 20.8. The van der Waals surface area contributed by atoms with E-state index in [0.29, 0.717) is 0 Å². The molecule has 26 heavy (non-hydrogen) atoms. The lowest BCUT2D eigenvalue weighted by Crippen LogP contribution is -2.08. The van der Waals surface area contributed by atoms with Gasteiger partial charge in [-0.05, 0) is 19.3 Å². The lowest BCUT2D eigenvalue weighted by molar-refractivity contribution is 0.584. The summed E-state index contributed by atoms with van der Waals surface area (Å²) < 4.78 is 0. The number of aryl methyl sites for hydroxylation is 3. The van der Waals surface area contributed by atoms with E-state index in [1.165, 1.54) is 77.0 Å². The van der Waals surface area contributed by atoms with Crippen molar-refractivity contribution >= 4 is 0 Å². The van der Waals surface area contributed by atoms with Crippen LogP contribution in [0.5, 0.6) is 0 Å². The average Bonchev–Trinajstić information content (AvgIpc) is 2.65. The fourth-order valence-electron chi connectivity index (χ4n) is 3.27. The normalized spacial score (nSPS) is 11.2. The Morgan fingerprint density at radius 3 is 1.23 bits per heavy atom. The van der Waals surface area contributed by atoms with Crippen molar-refractivity contribution in [3.63, 3.8) is 0 Å². The Balaban J connectivity index is 2.45. The molecule has 3 heteroatoms. The van der Waals surface area contributed by atoms with Crippen LogP contribution in [0, 0.1) is 6.92 Å². The number of hydrogen-bond acceptors (Lipinski definition) is 3. The molecule has 0 atom stereocenters. The number of nitrogens with zero attached hydrogens (tertiary/aromatic N) is 3. The topological polar surface area (TPSA) is 38.7 Å². The van der Waals surface area contributed by atoms with Gasteiger partial charge in [-0.1, -0.05) is 91.4 Å². The summed E-state index contributed by atoms with van der Waals surface area (Å²) in [6, 6.07) is 0. The average molecular weight is 361 g/mol. The monoisotopic (exact) mass is 360 g/mol. The zero-order chi connectivity index (χ0) is 18.9. The van der Waals surface area contributed by atoms with E-state index in [0.717, 1.165) is 49.6 Å². The number of rotatable bonds is 17. The minimum atomic E-state index is 0.943. The Morgan fingerprint density at radius 2 is 0.846 bits per heavy atom. The van der Waals surface area contributed by atoms with Crippen molar-refractivity contribution in [2.75, 3.05) is 0 Å². The lowest BCUT2D eigenvalue weighted by atomic mass is 10.1. The quantitative estimate of drug-likeness (QED) is 0.286. The molecule has 0 saturated carbocycles. The predicted molar refractivity (Wildman–Crippen MR) is 112 cm³/mol. The van der Waals surface area contributed by atoms with Crippen LogP contribution >= 0.6 is 0 Å². The van der Waals surface area contributed by atoms with Crippen LogP contribution in [-0.2, 0) is 19.3 Å². The maximum atomic E-state index is 4.77. The van der Waals surface area contributed by atoms with Gasteiger partial charge in [0.25, 0.3) is 0 Å². The van der Waals surface area contributed by atoms with Crippen LogP contribution in [0.25, 0.3) is 0 Å². The van der Waals surface area contributed by atoms with Crippen molar-refractivity contribution in [3.05, 3.63) is 24.4 Å². The lowest BCUT2D eigenvalue weighted by Gasteiger charge is -2.08. The first-order valence-electron chi connectivity index (χ1n) is 11.3. The SMILES string of the molecule is [CH2]CCCc1nc(CCCCCCCC)nc(CCCCCCCC)n1. The van der Waals surface area contributed by atoms with Crippen molar-refractivity contribution < 1.29 is 0 Å². The standard InChI is InChI=1S/C23H42N3/c1-4-7-10-12-14-16-19-22-24-21(18-9-6-3)25-23(26-22)20-17-15-13-11-8-5-2/h3-20H2,1-2H3. The van der Waals surface area contributed by atoms with E-state index < -0.39 is 0 Å². The van der Waals surface area contributed by atoms with Gasteiger partial charge in [-0.15, -0.1) is 0 Å². The molecule has 0 spiro atoms. The Bertz CT molecular complexity index is 411. The van der Waals surface area contributed by atoms with Crippen LogP contribution in [0.4, 0.5) is 0 Å². The molecule has 0 aromatic carbocycles. The highest BCUT2D eigenvalue weighted by atomic mass is 15.0. The molecule has 1 heterocycles. The van der Waals surface area contributed by atoms with E-state index in [9.17, 15) is 0 Å². The van der Waals surface area contributed by atoms with Gasteiger partial charge in [0, 0.05) is 19.3 Å². The molecule has 1 rings (SSSR count). The van der Waals surface area contributed by atoms with Crippen LogP contribution in [0.15, 0.2) is 0 Å². The first-order valence-corrected chi connectivity index (χ1v) is 11.3. The Kier molecular flexibility index (Phi) is 14.4. The van der Waals surface area contributed by atoms with E-state index in [1.54, 1.807) is 0 Å². The second-order valence-electron chi connectivity index (χ2n) is 7.58. The summed E-state index contributed by atoms with van der Waals surface area (Å²) in [5.41, 5.74) is 0. The first-order chi connectivity index (χ1) is 12.8. The molecular weight excluding hydrogens is 318 g/mol. The van der Waals surface area contributed by atoms with Crippen molar-refractivity contribution in [1.29, 1.82) is 0 Å². The summed E-state index contributed by atoms with van der Waals surface area (Å²) >= 11 is 0. The molecule has 0 fully saturated rings. The minimum absolute atomic E-state index is 0.943. The fourth-order valence-corrected chi connectivity index (χ4v) is 3.27. The molecule has 3 nitrogen and oxygen atoms in total. The highest BCUT2D eigenvalue weighted by Crippen LogP contribution is 2.11. The van der Waals surface area contributed by atoms with Gasteiger partial charge < -0.3 is 0 Å². The van der Waals surface area contributed by atoms with E-state index in [1.807, 2.05) is 0 Å². The van der Waals surface area contributed by atoms with Gasteiger partial charge in [0.2, 0.25) is 0 Å². The third kappa shape index (κ3) is 11.6. The van der Waals surface area contributed by atoms with Gasteiger partial charge in [-0.2, -0.15) is 0 Å².